The van der Waals surface area contributed by atoms with Gasteiger partial charge in [0, 0.05) is 0 Å². The number of aromatic amines is 1. The summed E-state index contributed by atoms with van der Waals surface area (Å²) in [6, 6.07) is 8.99. The third kappa shape index (κ3) is 3.79. The quantitative estimate of drug-likeness (QED) is 0.764. The molecule has 2 aromatic rings. The maximum absolute atomic E-state index is 11.6. The van der Waals surface area contributed by atoms with Crippen molar-refractivity contribution in [3.05, 3.63) is 47.5 Å². The molecule has 0 radical (unpaired) electrons. The van der Waals surface area contributed by atoms with Crippen LogP contribution in [0.15, 0.2) is 30.3 Å². The molecular weight excluding hydrogens is 260 g/mol. The molecule has 106 valence electrons. The zero-order valence-electron chi connectivity index (χ0n) is 11.0. The van der Waals surface area contributed by atoms with Gasteiger partial charge in [0.25, 0.3) is 0 Å². The normalized spacial score (nSPS) is 11.9. The van der Waals surface area contributed by atoms with Gasteiger partial charge < -0.3 is 15.2 Å². The summed E-state index contributed by atoms with van der Waals surface area (Å²) in [5, 5.41) is 18.0. The Labute approximate surface area is 116 Å². The van der Waals surface area contributed by atoms with Crippen LogP contribution in [0.3, 0.4) is 0 Å². The van der Waals surface area contributed by atoms with E-state index in [2.05, 4.69) is 20.5 Å². The second kappa shape index (κ2) is 6.67. The van der Waals surface area contributed by atoms with Gasteiger partial charge in [-0.1, -0.05) is 30.3 Å². The molecule has 0 aliphatic heterocycles. The monoisotopic (exact) mass is 276 g/mol. The van der Waals surface area contributed by atoms with Crippen LogP contribution in [-0.4, -0.2) is 26.4 Å². The number of hydrogen-bond donors (Lipinski definition) is 3. The highest BCUT2D eigenvalue weighted by molar-refractivity contribution is 5.67. The van der Waals surface area contributed by atoms with E-state index in [9.17, 15) is 4.79 Å². The van der Waals surface area contributed by atoms with E-state index >= 15 is 0 Å². The van der Waals surface area contributed by atoms with E-state index in [1.165, 1.54) is 0 Å². The number of carbonyl (C=O) groups is 1. The topological polar surface area (TPSA) is 100 Å². The first kappa shape index (κ1) is 14.0. The van der Waals surface area contributed by atoms with Gasteiger partial charge in [0.2, 0.25) is 0 Å². The summed E-state index contributed by atoms with van der Waals surface area (Å²) >= 11 is 0. The van der Waals surface area contributed by atoms with Crippen molar-refractivity contribution in [3.63, 3.8) is 0 Å². The first-order valence-electron chi connectivity index (χ1n) is 6.18. The summed E-state index contributed by atoms with van der Waals surface area (Å²) in [7, 11) is 0. The molecule has 7 heteroatoms. The average Bonchev–Trinajstić information content (AvgIpc) is 2.95. The van der Waals surface area contributed by atoms with Crippen LogP contribution in [0, 0.1) is 0 Å². The maximum Gasteiger partial charge on any atom is 0.408 e. The van der Waals surface area contributed by atoms with Gasteiger partial charge in [-0.2, -0.15) is 5.10 Å². The molecule has 0 fully saturated rings. The Morgan fingerprint density at radius 1 is 1.45 bits per heavy atom. The van der Waals surface area contributed by atoms with Gasteiger partial charge in [0.05, 0.1) is 6.04 Å². The molecule has 1 aromatic heterocycles. The van der Waals surface area contributed by atoms with Crippen LogP contribution >= 0.6 is 0 Å². The number of H-pyrrole nitrogens is 1. The molecular formula is C13H16N4O3. The molecule has 0 saturated heterocycles. The molecule has 0 aliphatic rings. The minimum absolute atomic E-state index is 0.204. The highest BCUT2D eigenvalue weighted by Crippen LogP contribution is 2.07. The zero-order valence-corrected chi connectivity index (χ0v) is 11.0. The summed E-state index contributed by atoms with van der Waals surface area (Å²) in [4.78, 5) is 15.6. The summed E-state index contributed by atoms with van der Waals surface area (Å²) < 4.78 is 5.09. The van der Waals surface area contributed by atoms with Crippen molar-refractivity contribution >= 4 is 6.09 Å². The lowest BCUT2D eigenvalue weighted by Crippen LogP contribution is -2.28. The smallest absolute Gasteiger partial charge is 0.408 e. The zero-order chi connectivity index (χ0) is 14.4. The van der Waals surface area contributed by atoms with Gasteiger partial charge in [-0.15, -0.1) is 0 Å². The SMILES string of the molecule is C[C@@H](NC(=O)OCc1ccccc1)c1n[nH]c(CO)n1. The second-order valence-electron chi connectivity index (χ2n) is 4.23. The van der Waals surface area contributed by atoms with Crippen LogP contribution in [0.5, 0.6) is 0 Å². The first-order chi connectivity index (χ1) is 9.69. The predicted octanol–water partition coefficient (Wildman–Crippen LogP) is 1.28. The van der Waals surface area contributed by atoms with Crippen LogP contribution in [0.2, 0.25) is 0 Å². The maximum atomic E-state index is 11.6. The Morgan fingerprint density at radius 2 is 2.20 bits per heavy atom. The third-order valence-electron chi connectivity index (χ3n) is 2.63. The van der Waals surface area contributed by atoms with Crippen molar-refractivity contribution < 1.29 is 14.6 Å². The molecule has 1 heterocycles. The van der Waals surface area contributed by atoms with E-state index in [1.54, 1.807) is 6.92 Å². The third-order valence-corrected chi connectivity index (χ3v) is 2.63. The number of nitrogens with zero attached hydrogens (tertiary/aromatic N) is 2. The van der Waals surface area contributed by atoms with E-state index in [0.717, 1.165) is 5.56 Å². The second-order valence-corrected chi connectivity index (χ2v) is 4.23. The highest BCUT2D eigenvalue weighted by Gasteiger charge is 2.14. The van der Waals surface area contributed by atoms with Gasteiger partial charge in [-0.25, -0.2) is 9.78 Å². The van der Waals surface area contributed by atoms with Gasteiger partial charge in [-0.3, -0.25) is 5.10 Å². The minimum atomic E-state index is -0.545. The van der Waals surface area contributed by atoms with Gasteiger partial charge >= 0.3 is 6.09 Å². The molecule has 0 aliphatic carbocycles. The largest absolute Gasteiger partial charge is 0.445 e. The number of aromatic nitrogens is 3. The molecule has 20 heavy (non-hydrogen) atoms. The van der Waals surface area contributed by atoms with Crippen molar-refractivity contribution in [2.75, 3.05) is 0 Å². The molecule has 7 nitrogen and oxygen atoms in total. The number of hydrogen-bond acceptors (Lipinski definition) is 5. The van der Waals surface area contributed by atoms with Crippen molar-refractivity contribution in [2.45, 2.75) is 26.2 Å². The average molecular weight is 276 g/mol. The lowest BCUT2D eigenvalue weighted by molar-refractivity contribution is 0.136. The molecule has 0 bridgehead atoms. The molecule has 0 saturated carbocycles. The molecule has 2 rings (SSSR count). The summed E-state index contributed by atoms with van der Waals surface area (Å²) in [6.07, 6.45) is -0.545. The number of alkyl carbamates (subject to hydrolysis) is 1. The van der Waals surface area contributed by atoms with Crippen LogP contribution in [0.1, 0.15) is 30.2 Å². The Morgan fingerprint density at radius 3 is 2.85 bits per heavy atom. The number of nitrogens with one attached hydrogen (secondary N) is 2. The van der Waals surface area contributed by atoms with E-state index in [-0.39, 0.29) is 13.2 Å². The standard InChI is InChI=1S/C13H16N4O3/c1-9(12-15-11(7-18)16-17-12)14-13(19)20-8-10-5-3-2-4-6-10/h2-6,9,18H,7-8H2,1H3,(H,14,19)(H,15,16,17)/t9-/m1/s1. The van der Waals surface area contributed by atoms with Crippen molar-refractivity contribution in [1.29, 1.82) is 0 Å². The van der Waals surface area contributed by atoms with Crippen molar-refractivity contribution in [2.24, 2.45) is 0 Å². The van der Waals surface area contributed by atoms with Gasteiger partial charge in [-0.05, 0) is 12.5 Å². The van der Waals surface area contributed by atoms with E-state index < -0.39 is 12.1 Å². The van der Waals surface area contributed by atoms with Gasteiger partial charge in [0.15, 0.2) is 5.82 Å². The Hall–Kier alpha value is -2.41. The number of aliphatic hydroxyl groups is 1. The fourth-order valence-corrected chi connectivity index (χ4v) is 1.58. The summed E-state index contributed by atoms with van der Waals surface area (Å²) in [6.45, 7) is 1.71. The Bertz CT molecular complexity index is 556. The Balaban J connectivity index is 1.82. The van der Waals surface area contributed by atoms with E-state index in [0.29, 0.717) is 11.6 Å². The van der Waals surface area contributed by atoms with E-state index in [1.807, 2.05) is 30.3 Å². The van der Waals surface area contributed by atoms with Gasteiger partial charge in [0.1, 0.15) is 19.0 Å². The number of amides is 1. The Kier molecular flexibility index (Phi) is 4.67. The van der Waals surface area contributed by atoms with Crippen molar-refractivity contribution in [3.8, 4) is 0 Å². The first-order valence-corrected chi connectivity index (χ1v) is 6.18. The molecule has 1 atom stereocenters. The van der Waals surface area contributed by atoms with E-state index in [4.69, 9.17) is 9.84 Å². The molecule has 0 spiro atoms. The number of rotatable bonds is 5. The minimum Gasteiger partial charge on any atom is -0.445 e. The molecule has 1 aromatic carbocycles. The van der Waals surface area contributed by atoms with Crippen molar-refractivity contribution in [1.82, 2.24) is 20.5 Å². The molecule has 1 amide bonds. The lowest BCUT2D eigenvalue weighted by atomic mass is 10.2. The van der Waals surface area contributed by atoms with Crippen LogP contribution in [0.4, 0.5) is 4.79 Å². The van der Waals surface area contributed by atoms with Crippen LogP contribution < -0.4 is 5.32 Å². The fourth-order valence-electron chi connectivity index (χ4n) is 1.58. The number of carbonyl (C=O) groups excluding carboxylic acids is 1. The number of benzene rings is 1. The van der Waals surface area contributed by atoms with Crippen LogP contribution in [0.25, 0.3) is 0 Å². The van der Waals surface area contributed by atoms with Crippen LogP contribution in [-0.2, 0) is 18.0 Å². The predicted molar refractivity (Wildman–Crippen MR) is 70.5 cm³/mol. The molecule has 0 unspecified atom stereocenters. The molecule has 3 N–H and O–H groups in total. The summed E-state index contributed by atoms with van der Waals surface area (Å²) in [5.41, 5.74) is 0.913. The number of ether oxygens (including phenoxy) is 1. The fraction of sp³-hybridized carbons (Fsp3) is 0.308. The highest BCUT2D eigenvalue weighted by atomic mass is 16.5. The lowest BCUT2D eigenvalue weighted by Gasteiger charge is -2.11. The summed E-state index contributed by atoms with van der Waals surface area (Å²) in [5.74, 6) is 0.747. The number of aliphatic hydroxyl groups excluding tert-OH is 1.